The number of hydrogen-bond acceptors (Lipinski definition) is 4. The Morgan fingerprint density at radius 2 is 1.59 bits per heavy atom. The highest BCUT2D eigenvalue weighted by atomic mass is 16.3. The number of para-hydroxylation sites is 1. The molecule has 1 saturated heterocycles. The van der Waals surface area contributed by atoms with Crippen molar-refractivity contribution in [2.45, 2.75) is 39.5 Å². The maximum absolute atomic E-state index is 12.8. The van der Waals surface area contributed by atoms with Crippen molar-refractivity contribution in [3.63, 3.8) is 0 Å². The van der Waals surface area contributed by atoms with Gasteiger partial charge in [0.15, 0.2) is 5.76 Å². The fourth-order valence-corrected chi connectivity index (χ4v) is 3.74. The zero-order valence-corrected chi connectivity index (χ0v) is 17.8. The van der Waals surface area contributed by atoms with Gasteiger partial charge in [0, 0.05) is 31.9 Å². The molecule has 1 N–H and O–H groups in total. The Balaban J connectivity index is 1.59. The minimum atomic E-state index is -0.0912. The lowest BCUT2D eigenvalue weighted by atomic mass is 9.92. The molecule has 6 heteroatoms. The average molecular weight is 398 g/mol. The lowest BCUT2D eigenvalue weighted by Crippen LogP contribution is -2.50. The summed E-state index contributed by atoms with van der Waals surface area (Å²) in [6, 6.07) is 9.64. The fraction of sp³-hybridized carbons (Fsp3) is 0.478. The van der Waals surface area contributed by atoms with Crippen LogP contribution in [0.25, 0.3) is 0 Å². The van der Waals surface area contributed by atoms with Gasteiger partial charge in [-0.15, -0.1) is 0 Å². The van der Waals surface area contributed by atoms with Crippen molar-refractivity contribution in [1.29, 1.82) is 0 Å². The van der Waals surface area contributed by atoms with E-state index >= 15 is 0 Å². The molecule has 0 radical (unpaired) electrons. The zero-order valence-electron chi connectivity index (χ0n) is 17.8. The van der Waals surface area contributed by atoms with Crippen LogP contribution in [0.3, 0.4) is 0 Å². The van der Waals surface area contributed by atoms with E-state index in [4.69, 9.17) is 4.42 Å². The third kappa shape index (κ3) is 5.07. The first-order valence-corrected chi connectivity index (χ1v) is 10.3. The van der Waals surface area contributed by atoms with E-state index in [-0.39, 0.29) is 11.8 Å². The Morgan fingerprint density at radius 3 is 2.10 bits per heavy atom. The lowest BCUT2D eigenvalue weighted by molar-refractivity contribution is -0.117. The van der Waals surface area contributed by atoms with E-state index in [1.54, 1.807) is 17.0 Å². The van der Waals surface area contributed by atoms with Crippen LogP contribution in [0.1, 0.15) is 61.2 Å². The van der Waals surface area contributed by atoms with E-state index in [9.17, 15) is 9.59 Å². The first-order valence-electron chi connectivity index (χ1n) is 10.3. The summed E-state index contributed by atoms with van der Waals surface area (Å²) in [5.41, 5.74) is 3.28. The van der Waals surface area contributed by atoms with Crippen LogP contribution in [0.2, 0.25) is 0 Å². The summed E-state index contributed by atoms with van der Waals surface area (Å²) in [6.07, 6.45) is 1.51. The highest BCUT2D eigenvalue weighted by molar-refractivity contribution is 5.94. The van der Waals surface area contributed by atoms with Crippen LogP contribution in [0.5, 0.6) is 0 Å². The van der Waals surface area contributed by atoms with E-state index < -0.39 is 0 Å². The van der Waals surface area contributed by atoms with Crippen molar-refractivity contribution in [3.05, 3.63) is 53.5 Å². The summed E-state index contributed by atoms with van der Waals surface area (Å²) < 4.78 is 5.20. The molecule has 6 nitrogen and oxygen atoms in total. The molecule has 0 aliphatic carbocycles. The summed E-state index contributed by atoms with van der Waals surface area (Å²) in [6.45, 7) is 11.4. The van der Waals surface area contributed by atoms with Gasteiger partial charge in [-0.05, 0) is 35.1 Å². The predicted octanol–water partition coefficient (Wildman–Crippen LogP) is 3.92. The van der Waals surface area contributed by atoms with E-state index in [1.807, 2.05) is 0 Å². The van der Waals surface area contributed by atoms with Crippen LogP contribution in [-0.4, -0.2) is 54.3 Å². The molecular weight excluding hydrogens is 366 g/mol. The number of hydrogen-bond donors (Lipinski definition) is 1. The smallest absolute Gasteiger partial charge is 0.289 e. The normalized spacial score (nSPS) is 15.2. The number of furan rings is 1. The number of carbonyl (C=O) groups excluding carboxylic acids is 2. The van der Waals surface area contributed by atoms with Gasteiger partial charge < -0.3 is 14.6 Å². The minimum Gasteiger partial charge on any atom is -0.459 e. The van der Waals surface area contributed by atoms with E-state index in [2.05, 4.69) is 56.1 Å². The molecule has 1 fully saturated rings. The molecule has 0 bridgehead atoms. The number of rotatable bonds is 6. The minimum absolute atomic E-state index is 0.00851. The molecule has 2 heterocycles. The van der Waals surface area contributed by atoms with Gasteiger partial charge in [-0.3, -0.25) is 14.5 Å². The number of piperazine rings is 1. The number of amides is 2. The molecule has 2 aromatic rings. The van der Waals surface area contributed by atoms with Crippen molar-refractivity contribution in [3.8, 4) is 0 Å². The Bertz CT molecular complexity index is 809. The molecule has 1 aliphatic rings. The van der Waals surface area contributed by atoms with E-state index in [0.717, 1.165) is 5.69 Å². The summed E-state index contributed by atoms with van der Waals surface area (Å²) >= 11 is 0. The van der Waals surface area contributed by atoms with Gasteiger partial charge in [-0.1, -0.05) is 45.9 Å². The summed E-state index contributed by atoms with van der Waals surface area (Å²) in [4.78, 5) is 29.0. The summed E-state index contributed by atoms with van der Waals surface area (Å²) in [7, 11) is 0. The Morgan fingerprint density at radius 1 is 0.966 bits per heavy atom. The molecule has 3 rings (SSSR count). The molecule has 1 aromatic carbocycles. The van der Waals surface area contributed by atoms with Gasteiger partial charge in [0.25, 0.3) is 5.91 Å². The summed E-state index contributed by atoms with van der Waals surface area (Å²) in [5, 5.41) is 3.17. The van der Waals surface area contributed by atoms with Crippen LogP contribution in [-0.2, 0) is 4.79 Å². The largest absolute Gasteiger partial charge is 0.459 e. The predicted molar refractivity (Wildman–Crippen MR) is 114 cm³/mol. The van der Waals surface area contributed by atoms with Gasteiger partial charge in [0.1, 0.15) is 0 Å². The maximum Gasteiger partial charge on any atom is 0.289 e. The topological polar surface area (TPSA) is 65.8 Å². The molecule has 0 unspecified atom stereocenters. The Labute approximate surface area is 172 Å². The Hall–Kier alpha value is -2.60. The van der Waals surface area contributed by atoms with Crippen LogP contribution in [0.4, 0.5) is 5.69 Å². The second kappa shape index (κ2) is 9.27. The highest BCUT2D eigenvalue weighted by Crippen LogP contribution is 2.32. The van der Waals surface area contributed by atoms with Gasteiger partial charge in [-0.25, -0.2) is 0 Å². The van der Waals surface area contributed by atoms with Crippen molar-refractivity contribution >= 4 is 17.5 Å². The SMILES string of the molecule is CC(C)c1cccc(C(C)C)c1NC(=O)CN1CCN(C(=O)c2ccco2)CC1. The van der Waals surface area contributed by atoms with E-state index in [1.165, 1.54) is 17.4 Å². The van der Waals surface area contributed by atoms with Crippen LogP contribution >= 0.6 is 0 Å². The zero-order chi connectivity index (χ0) is 21.0. The molecular formula is C23H31N3O3. The van der Waals surface area contributed by atoms with Crippen molar-refractivity contribution in [2.75, 3.05) is 38.0 Å². The molecule has 0 saturated carbocycles. The standard InChI is InChI=1S/C23H31N3O3/c1-16(2)18-7-5-8-19(17(3)4)22(18)24-21(27)15-25-10-12-26(13-11-25)23(28)20-9-6-14-29-20/h5-9,14,16-17H,10-13,15H2,1-4H3,(H,24,27). The molecule has 0 spiro atoms. The second-order valence-electron chi connectivity index (χ2n) is 8.21. The first kappa shape index (κ1) is 21.1. The van der Waals surface area contributed by atoms with Crippen LogP contribution in [0.15, 0.2) is 41.0 Å². The second-order valence-corrected chi connectivity index (χ2v) is 8.21. The lowest BCUT2D eigenvalue weighted by Gasteiger charge is -2.34. The third-order valence-corrected chi connectivity index (χ3v) is 5.40. The number of nitrogens with one attached hydrogen (secondary N) is 1. The molecule has 1 aliphatic heterocycles. The van der Waals surface area contributed by atoms with Gasteiger partial charge >= 0.3 is 0 Å². The Kier molecular flexibility index (Phi) is 6.75. The monoisotopic (exact) mass is 397 g/mol. The van der Waals surface area contributed by atoms with Crippen LogP contribution in [0, 0.1) is 0 Å². The number of benzene rings is 1. The van der Waals surface area contributed by atoms with Crippen molar-refractivity contribution in [2.24, 2.45) is 0 Å². The number of anilines is 1. The van der Waals surface area contributed by atoms with Gasteiger partial charge in [-0.2, -0.15) is 0 Å². The average Bonchev–Trinajstić information content (AvgIpc) is 3.22. The fourth-order valence-electron chi connectivity index (χ4n) is 3.74. The van der Waals surface area contributed by atoms with Crippen LogP contribution < -0.4 is 5.32 Å². The third-order valence-electron chi connectivity index (χ3n) is 5.40. The van der Waals surface area contributed by atoms with Crippen molar-refractivity contribution < 1.29 is 14.0 Å². The number of carbonyl (C=O) groups is 2. The van der Waals surface area contributed by atoms with Crippen molar-refractivity contribution in [1.82, 2.24) is 9.80 Å². The maximum atomic E-state index is 12.8. The molecule has 0 atom stereocenters. The number of nitrogens with zero attached hydrogens (tertiary/aromatic N) is 2. The molecule has 2 amide bonds. The summed E-state index contributed by atoms with van der Waals surface area (Å²) in [5.74, 6) is 0.931. The molecule has 156 valence electrons. The quantitative estimate of drug-likeness (QED) is 0.802. The van der Waals surface area contributed by atoms with E-state index in [0.29, 0.717) is 50.3 Å². The van der Waals surface area contributed by atoms with Gasteiger partial charge in [0.2, 0.25) is 5.91 Å². The van der Waals surface area contributed by atoms with Gasteiger partial charge in [0.05, 0.1) is 12.8 Å². The first-order chi connectivity index (χ1) is 13.9. The molecule has 1 aromatic heterocycles. The highest BCUT2D eigenvalue weighted by Gasteiger charge is 2.25. The molecule has 29 heavy (non-hydrogen) atoms.